The van der Waals surface area contributed by atoms with E-state index in [9.17, 15) is 9.59 Å². The topological polar surface area (TPSA) is 46.6 Å². The van der Waals surface area contributed by atoms with Gasteiger partial charge in [-0.05, 0) is 24.8 Å². The van der Waals surface area contributed by atoms with Crippen LogP contribution in [-0.4, -0.2) is 29.9 Å². The second-order valence-electron chi connectivity index (χ2n) is 5.11. The second-order valence-corrected chi connectivity index (χ2v) is 5.11. The van der Waals surface area contributed by atoms with Gasteiger partial charge in [-0.15, -0.1) is 0 Å². The van der Waals surface area contributed by atoms with Gasteiger partial charge in [-0.25, -0.2) is 0 Å². The minimum Gasteiger partial charge on any atom is -0.465 e. The summed E-state index contributed by atoms with van der Waals surface area (Å²) in [6.07, 6.45) is 2.23. The van der Waals surface area contributed by atoms with Gasteiger partial charge in [-0.1, -0.05) is 37.3 Å². The first-order valence-corrected chi connectivity index (χ1v) is 7.21. The maximum Gasteiger partial charge on any atom is 0.318 e. The largest absolute Gasteiger partial charge is 0.465 e. The highest BCUT2D eigenvalue weighted by Crippen LogP contribution is 2.21. The van der Waals surface area contributed by atoms with Crippen molar-refractivity contribution in [3.05, 3.63) is 35.9 Å². The Morgan fingerprint density at radius 1 is 1.35 bits per heavy atom. The standard InChI is InChI=1S/C16H21NO3/c1-2-11-20-16(19)14-9-6-10-17(15(14)18)12-13-7-4-3-5-8-13/h3-5,7-8,14H,2,6,9-12H2,1H3. The number of carbonyl (C=O) groups is 2. The molecular weight excluding hydrogens is 254 g/mol. The summed E-state index contributed by atoms with van der Waals surface area (Å²) in [5, 5.41) is 0. The predicted octanol–water partition coefficient (Wildman–Crippen LogP) is 2.38. The molecule has 0 aromatic heterocycles. The number of nitrogens with zero attached hydrogens (tertiary/aromatic N) is 1. The van der Waals surface area contributed by atoms with Crippen LogP contribution in [0.4, 0.5) is 0 Å². The van der Waals surface area contributed by atoms with Crippen molar-refractivity contribution in [3.8, 4) is 0 Å². The highest BCUT2D eigenvalue weighted by molar-refractivity contribution is 5.98. The third kappa shape index (κ3) is 3.59. The SMILES string of the molecule is CCCOC(=O)C1CCCN(Cc2ccccc2)C1=O. The van der Waals surface area contributed by atoms with E-state index in [2.05, 4.69) is 0 Å². The molecule has 20 heavy (non-hydrogen) atoms. The molecule has 1 aromatic carbocycles. The monoisotopic (exact) mass is 275 g/mol. The zero-order valence-corrected chi connectivity index (χ0v) is 11.9. The molecule has 1 aromatic rings. The molecule has 1 unspecified atom stereocenters. The quantitative estimate of drug-likeness (QED) is 0.612. The van der Waals surface area contributed by atoms with E-state index in [1.807, 2.05) is 37.3 Å². The van der Waals surface area contributed by atoms with Crippen LogP contribution < -0.4 is 0 Å². The number of benzene rings is 1. The fourth-order valence-electron chi connectivity index (χ4n) is 2.42. The summed E-state index contributed by atoms with van der Waals surface area (Å²) >= 11 is 0. The molecule has 0 saturated carbocycles. The maximum atomic E-state index is 12.4. The van der Waals surface area contributed by atoms with Crippen LogP contribution in [0.2, 0.25) is 0 Å². The summed E-state index contributed by atoms with van der Waals surface area (Å²) in [5.74, 6) is -1.07. The minimum atomic E-state index is -0.612. The normalized spacial score (nSPS) is 18.9. The number of hydrogen-bond acceptors (Lipinski definition) is 3. The Morgan fingerprint density at radius 2 is 2.10 bits per heavy atom. The molecule has 1 saturated heterocycles. The van der Waals surface area contributed by atoms with E-state index in [1.54, 1.807) is 4.90 Å². The van der Waals surface area contributed by atoms with Gasteiger partial charge in [0.2, 0.25) is 5.91 Å². The number of likely N-dealkylation sites (tertiary alicyclic amines) is 1. The molecule has 2 rings (SSSR count). The fourth-order valence-corrected chi connectivity index (χ4v) is 2.42. The van der Waals surface area contributed by atoms with E-state index >= 15 is 0 Å². The van der Waals surface area contributed by atoms with Crippen LogP contribution in [0.1, 0.15) is 31.7 Å². The lowest BCUT2D eigenvalue weighted by atomic mass is 9.96. The molecule has 1 amide bonds. The smallest absolute Gasteiger partial charge is 0.318 e. The minimum absolute atomic E-state index is 0.0961. The van der Waals surface area contributed by atoms with Crippen molar-refractivity contribution in [1.82, 2.24) is 4.90 Å². The first-order valence-electron chi connectivity index (χ1n) is 7.21. The van der Waals surface area contributed by atoms with Crippen molar-refractivity contribution in [1.29, 1.82) is 0 Å². The third-order valence-electron chi connectivity index (χ3n) is 3.48. The first-order chi connectivity index (χ1) is 9.72. The van der Waals surface area contributed by atoms with Crippen molar-refractivity contribution in [2.45, 2.75) is 32.7 Å². The number of carbonyl (C=O) groups excluding carboxylic acids is 2. The molecule has 0 aliphatic carbocycles. The van der Waals surface area contributed by atoms with Gasteiger partial charge in [0.15, 0.2) is 0 Å². The maximum absolute atomic E-state index is 12.4. The molecule has 0 radical (unpaired) electrons. The molecule has 1 fully saturated rings. The summed E-state index contributed by atoms with van der Waals surface area (Å²) < 4.78 is 5.11. The Bertz CT molecular complexity index is 458. The van der Waals surface area contributed by atoms with Crippen molar-refractivity contribution in [2.24, 2.45) is 5.92 Å². The lowest BCUT2D eigenvalue weighted by Gasteiger charge is -2.31. The van der Waals surface area contributed by atoms with Crippen LogP contribution in [-0.2, 0) is 20.9 Å². The van der Waals surface area contributed by atoms with Gasteiger partial charge >= 0.3 is 5.97 Å². The molecule has 1 atom stereocenters. The van der Waals surface area contributed by atoms with Crippen LogP contribution in [0, 0.1) is 5.92 Å². The number of hydrogen-bond donors (Lipinski definition) is 0. The molecule has 1 heterocycles. The molecule has 1 aliphatic heterocycles. The van der Waals surface area contributed by atoms with Crippen LogP contribution in [0.5, 0.6) is 0 Å². The van der Waals surface area contributed by atoms with Gasteiger partial charge in [0.05, 0.1) is 6.61 Å². The fraction of sp³-hybridized carbons (Fsp3) is 0.500. The summed E-state index contributed by atoms with van der Waals surface area (Å²) in [5.41, 5.74) is 1.09. The van der Waals surface area contributed by atoms with Gasteiger partial charge in [-0.3, -0.25) is 9.59 Å². The Kier molecular flexibility index (Phi) is 5.16. The van der Waals surface area contributed by atoms with Crippen molar-refractivity contribution >= 4 is 11.9 Å². The summed E-state index contributed by atoms with van der Waals surface area (Å²) in [4.78, 5) is 26.0. The third-order valence-corrected chi connectivity index (χ3v) is 3.48. The Hall–Kier alpha value is -1.84. The average Bonchev–Trinajstić information content (AvgIpc) is 2.48. The van der Waals surface area contributed by atoms with E-state index in [1.165, 1.54) is 0 Å². The zero-order valence-electron chi connectivity index (χ0n) is 11.9. The Labute approximate surface area is 119 Å². The van der Waals surface area contributed by atoms with E-state index in [4.69, 9.17) is 4.74 Å². The number of piperidine rings is 1. The van der Waals surface area contributed by atoms with Crippen LogP contribution in [0.15, 0.2) is 30.3 Å². The Balaban J connectivity index is 1.98. The zero-order chi connectivity index (χ0) is 14.4. The first kappa shape index (κ1) is 14.6. The predicted molar refractivity (Wildman–Crippen MR) is 75.8 cm³/mol. The van der Waals surface area contributed by atoms with Crippen molar-refractivity contribution in [3.63, 3.8) is 0 Å². The lowest BCUT2D eigenvalue weighted by molar-refractivity contribution is -0.158. The van der Waals surface area contributed by atoms with Crippen LogP contribution in [0.25, 0.3) is 0 Å². The number of rotatable bonds is 5. The van der Waals surface area contributed by atoms with Gasteiger partial charge in [0.25, 0.3) is 0 Å². The molecule has 0 bridgehead atoms. The van der Waals surface area contributed by atoms with E-state index in [-0.39, 0.29) is 11.9 Å². The van der Waals surface area contributed by atoms with E-state index in [0.717, 1.165) is 18.4 Å². The average molecular weight is 275 g/mol. The summed E-state index contributed by atoms with van der Waals surface area (Å²) in [6, 6.07) is 9.85. The van der Waals surface area contributed by atoms with Crippen molar-refractivity contribution < 1.29 is 14.3 Å². The molecule has 4 heteroatoms. The molecule has 108 valence electrons. The molecule has 0 N–H and O–H groups in total. The summed E-state index contributed by atoms with van der Waals surface area (Å²) in [7, 11) is 0. The Morgan fingerprint density at radius 3 is 2.80 bits per heavy atom. The van der Waals surface area contributed by atoms with E-state index in [0.29, 0.717) is 26.1 Å². The molecular formula is C16H21NO3. The molecule has 0 spiro atoms. The number of esters is 1. The van der Waals surface area contributed by atoms with Gasteiger partial charge in [0.1, 0.15) is 5.92 Å². The van der Waals surface area contributed by atoms with Gasteiger partial charge in [0, 0.05) is 13.1 Å². The molecule has 1 aliphatic rings. The van der Waals surface area contributed by atoms with Gasteiger partial charge in [-0.2, -0.15) is 0 Å². The summed E-state index contributed by atoms with van der Waals surface area (Å²) in [6.45, 7) is 3.61. The second kappa shape index (κ2) is 7.08. The van der Waals surface area contributed by atoms with E-state index < -0.39 is 5.92 Å². The highest BCUT2D eigenvalue weighted by Gasteiger charge is 2.35. The van der Waals surface area contributed by atoms with Gasteiger partial charge < -0.3 is 9.64 Å². The van der Waals surface area contributed by atoms with Crippen LogP contribution in [0.3, 0.4) is 0 Å². The molecule has 4 nitrogen and oxygen atoms in total. The van der Waals surface area contributed by atoms with Crippen LogP contribution >= 0.6 is 0 Å². The van der Waals surface area contributed by atoms with Crippen molar-refractivity contribution in [2.75, 3.05) is 13.2 Å². The number of amides is 1. The highest BCUT2D eigenvalue weighted by atomic mass is 16.5. The lowest BCUT2D eigenvalue weighted by Crippen LogP contribution is -2.44. The number of ether oxygens (including phenoxy) is 1.